The van der Waals surface area contributed by atoms with Crippen molar-refractivity contribution in [2.75, 3.05) is 11.5 Å². The number of nitro benzene ring substituents is 1. The molecule has 1 aromatic carbocycles. The molecule has 1 aliphatic rings. The zero-order valence-electron chi connectivity index (χ0n) is 9.59. The van der Waals surface area contributed by atoms with Crippen LogP contribution >= 0.6 is 11.8 Å². The van der Waals surface area contributed by atoms with Crippen LogP contribution in [-0.4, -0.2) is 22.5 Å². The molecule has 5 heteroatoms. The summed E-state index contributed by atoms with van der Waals surface area (Å²) in [5.74, 6) is 2.47. The number of nitrogens with one attached hydrogen (secondary N) is 1. The number of nitro groups is 1. The second kappa shape index (κ2) is 6.02. The molecule has 1 saturated heterocycles. The molecule has 2 rings (SSSR count). The van der Waals surface area contributed by atoms with Gasteiger partial charge in [-0.2, -0.15) is 11.8 Å². The van der Waals surface area contributed by atoms with E-state index in [0.717, 1.165) is 12.1 Å². The number of rotatable bonds is 4. The summed E-state index contributed by atoms with van der Waals surface area (Å²) < 4.78 is 0. The highest BCUT2D eigenvalue weighted by atomic mass is 32.2. The molecule has 0 unspecified atom stereocenters. The highest BCUT2D eigenvalue weighted by Crippen LogP contribution is 2.17. The fourth-order valence-electron chi connectivity index (χ4n) is 1.90. The molecule has 0 aromatic heterocycles. The molecular weight excluding hydrogens is 236 g/mol. The second-order valence-corrected chi connectivity index (χ2v) is 5.42. The fraction of sp³-hybridized carbons (Fsp3) is 0.500. The summed E-state index contributed by atoms with van der Waals surface area (Å²) in [6, 6.07) is 7.37. The molecule has 0 bridgehead atoms. The van der Waals surface area contributed by atoms with Crippen molar-refractivity contribution in [3.05, 3.63) is 39.9 Å². The van der Waals surface area contributed by atoms with Crippen LogP contribution in [0.25, 0.3) is 0 Å². The van der Waals surface area contributed by atoms with Crippen molar-refractivity contribution in [2.45, 2.75) is 25.4 Å². The molecule has 0 aliphatic carbocycles. The Labute approximate surface area is 105 Å². The number of thioether (sulfide) groups is 1. The molecule has 0 spiro atoms. The Hall–Kier alpha value is -1.07. The molecule has 1 fully saturated rings. The topological polar surface area (TPSA) is 55.2 Å². The van der Waals surface area contributed by atoms with E-state index in [0.29, 0.717) is 6.04 Å². The fourth-order valence-corrected chi connectivity index (χ4v) is 3.01. The molecular formula is C12H16N2O2S. The summed E-state index contributed by atoms with van der Waals surface area (Å²) in [6.45, 7) is 0.799. The highest BCUT2D eigenvalue weighted by Gasteiger charge is 2.12. The van der Waals surface area contributed by atoms with Gasteiger partial charge >= 0.3 is 0 Å². The molecule has 17 heavy (non-hydrogen) atoms. The maximum atomic E-state index is 10.5. The molecule has 0 atom stereocenters. The predicted octanol–water partition coefficient (Wildman–Crippen LogP) is 2.58. The highest BCUT2D eigenvalue weighted by molar-refractivity contribution is 7.99. The van der Waals surface area contributed by atoms with Gasteiger partial charge in [0.05, 0.1) is 4.92 Å². The van der Waals surface area contributed by atoms with Crippen molar-refractivity contribution < 1.29 is 4.92 Å². The second-order valence-electron chi connectivity index (χ2n) is 4.19. The van der Waals surface area contributed by atoms with Gasteiger partial charge in [-0.1, -0.05) is 12.1 Å². The minimum absolute atomic E-state index is 0.155. The number of hydrogen-bond acceptors (Lipinski definition) is 4. The third-order valence-electron chi connectivity index (χ3n) is 2.96. The lowest BCUT2D eigenvalue weighted by atomic mass is 10.1. The van der Waals surface area contributed by atoms with Gasteiger partial charge < -0.3 is 5.32 Å². The summed E-state index contributed by atoms with van der Waals surface area (Å²) in [7, 11) is 0. The van der Waals surface area contributed by atoms with Gasteiger partial charge in [-0.05, 0) is 29.9 Å². The Morgan fingerprint density at radius 2 is 1.94 bits per heavy atom. The minimum Gasteiger partial charge on any atom is -0.310 e. The summed E-state index contributed by atoms with van der Waals surface area (Å²) >= 11 is 2.01. The van der Waals surface area contributed by atoms with Gasteiger partial charge in [-0.25, -0.2) is 0 Å². The van der Waals surface area contributed by atoms with Crippen LogP contribution in [0, 0.1) is 10.1 Å². The SMILES string of the molecule is O=[N+]([O-])c1ccc(CNC2CCSCC2)cc1. The maximum absolute atomic E-state index is 10.5. The molecule has 1 aliphatic heterocycles. The molecule has 1 N–H and O–H groups in total. The van der Waals surface area contributed by atoms with Crippen molar-refractivity contribution in [3.8, 4) is 0 Å². The van der Waals surface area contributed by atoms with Crippen LogP contribution in [0.15, 0.2) is 24.3 Å². The Morgan fingerprint density at radius 3 is 2.53 bits per heavy atom. The van der Waals surface area contributed by atoms with Crippen LogP contribution < -0.4 is 5.32 Å². The van der Waals surface area contributed by atoms with Crippen LogP contribution in [0.2, 0.25) is 0 Å². The third-order valence-corrected chi connectivity index (χ3v) is 4.01. The lowest BCUT2D eigenvalue weighted by molar-refractivity contribution is -0.384. The molecule has 4 nitrogen and oxygen atoms in total. The number of non-ortho nitro benzene ring substituents is 1. The van der Waals surface area contributed by atoms with Crippen LogP contribution in [-0.2, 0) is 6.54 Å². The van der Waals surface area contributed by atoms with Gasteiger partial charge in [-0.15, -0.1) is 0 Å². The molecule has 1 aromatic rings. The number of benzene rings is 1. The zero-order chi connectivity index (χ0) is 12.1. The van der Waals surface area contributed by atoms with Gasteiger partial charge in [0, 0.05) is 24.7 Å². The van der Waals surface area contributed by atoms with Crippen molar-refractivity contribution in [3.63, 3.8) is 0 Å². The van der Waals surface area contributed by atoms with E-state index in [1.807, 2.05) is 23.9 Å². The number of hydrogen-bond donors (Lipinski definition) is 1. The Kier molecular flexibility index (Phi) is 4.39. The lowest BCUT2D eigenvalue weighted by Gasteiger charge is -2.22. The standard InChI is InChI=1S/C12H16N2O2S/c15-14(16)12-3-1-10(2-4-12)9-13-11-5-7-17-8-6-11/h1-4,11,13H,5-9H2. The molecule has 92 valence electrons. The smallest absolute Gasteiger partial charge is 0.269 e. The van der Waals surface area contributed by atoms with Gasteiger partial charge in [0.1, 0.15) is 0 Å². The van der Waals surface area contributed by atoms with Crippen molar-refractivity contribution in [1.82, 2.24) is 5.32 Å². The van der Waals surface area contributed by atoms with E-state index in [1.54, 1.807) is 12.1 Å². The third kappa shape index (κ3) is 3.71. The van der Waals surface area contributed by atoms with Crippen LogP contribution in [0.5, 0.6) is 0 Å². The Bertz CT molecular complexity index is 375. The van der Waals surface area contributed by atoms with Crippen molar-refractivity contribution in [2.24, 2.45) is 0 Å². The summed E-state index contributed by atoms with van der Waals surface area (Å²) in [4.78, 5) is 10.1. The van der Waals surface area contributed by atoms with Crippen LogP contribution in [0.3, 0.4) is 0 Å². The van der Waals surface area contributed by atoms with Crippen LogP contribution in [0.1, 0.15) is 18.4 Å². The Morgan fingerprint density at radius 1 is 1.29 bits per heavy atom. The lowest BCUT2D eigenvalue weighted by Crippen LogP contribution is -2.31. The minimum atomic E-state index is -0.366. The molecule has 0 amide bonds. The van der Waals surface area contributed by atoms with Crippen molar-refractivity contribution in [1.29, 1.82) is 0 Å². The number of nitrogens with zero attached hydrogens (tertiary/aromatic N) is 1. The van der Waals surface area contributed by atoms with E-state index >= 15 is 0 Å². The predicted molar refractivity (Wildman–Crippen MR) is 70.3 cm³/mol. The van der Waals surface area contributed by atoms with Gasteiger partial charge in [0.2, 0.25) is 0 Å². The first-order valence-corrected chi connectivity index (χ1v) is 6.95. The van der Waals surface area contributed by atoms with Gasteiger partial charge in [-0.3, -0.25) is 10.1 Å². The zero-order valence-corrected chi connectivity index (χ0v) is 10.4. The van der Waals surface area contributed by atoms with E-state index in [2.05, 4.69) is 5.32 Å². The van der Waals surface area contributed by atoms with Gasteiger partial charge in [0.25, 0.3) is 5.69 Å². The van der Waals surface area contributed by atoms with E-state index < -0.39 is 0 Å². The maximum Gasteiger partial charge on any atom is 0.269 e. The summed E-state index contributed by atoms with van der Waals surface area (Å²) in [5.41, 5.74) is 1.26. The van der Waals surface area contributed by atoms with Gasteiger partial charge in [0.15, 0.2) is 0 Å². The average molecular weight is 252 g/mol. The van der Waals surface area contributed by atoms with E-state index in [1.165, 1.54) is 24.3 Å². The monoisotopic (exact) mass is 252 g/mol. The first kappa shape index (κ1) is 12.4. The van der Waals surface area contributed by atoms with Crippen LogP contribution in [0.4, 0.5) is 5.69 Å². The average Bonchev–Trinajstić information content (AvgIpc) is 2.38. The van der Waals surface area contributed by atoms with Crippen molar-refractivity contribution >= 4 is 17.4 Å². The molecule has 0 radical (unpaired) electrons. The van der Waals surface area contributed by atoms with E-state index in [-0.39, 0.29) is 10.6 Å². The first-order valence-electron chi connectivity index (χ1n) is 5.80. The quantitative estimate of drug-likeness (QED) is 0.661. The Balaban J connectivity index is 1.84. The van der Waals surface area contributed by atoms with E-state index in [4.69, 9.17) is 0 Å². The molecule has 0 saturated carbocycles. The molecule has 1 heterocycles. The summed E-state index contributed by atoms with van der Waals surface area (Å²) in [5, 5.41) is 14.0. The normalized spacial score (nSPS) is 16.9. The largest absolute Gasteiger partial charge is 0.310 e. The summed E-state index contributed by atoms with van der Waals surface area (Å²) in [6.07, 6.45) is 2.44. The first-order chi connectivity index (χ1) is 8.25. The van der Waals surface area contributed by atoms with E-state index in [9.17, 15) is 10.1 Å².